The van der Waals surface area contributed by atoms with Crippen LogP contribution in [0.4, 0.5) is 0 Å². The Labute approximate surface area is 103 Å². The third kappa shape index (κ3) is 3.80. The van der Waals surface area contributed by atoms with Crippen molar-refractivity contribution in [3.63, 3.8) is 0 Å². The average Bonchev–Trinajstić information content (AvgIpc) is 3.03. The van der Waals surface area contributed by atoms with Crippen LogP contribution in [0.5, 0.6) is 0 Å². The van der Waals surface area contributed by atoms with E-state index >= 15 is 0 Å². The van der Waals surface area contributed by atoms with Gasteiger partial charge in [0.15, 0.2) is 0 Å². The van der Waals surface area contributed by atoms with Crippen molar-refractivity contribution in [1.29, 1.82) is 0 Å². The van der Waals surface area contributed by atoms with E-state index in [0.717, 1.165) is 31.6 Å². The molecule has 0 aromatic carbocycles. The third-order valence-electron chi connectivity index (χ3n) is 3.30. The summed E-state index contributed by atoms with van der Waals surface area (Å²) in [5, 5.41) is 14.0. The molecule has 1 unspecified atom stereocenters. The molecule has 1 aliphatic carbocycles. The molecular formula is C13H23N3O. The highest BCUT2D eigenvalue weighted by atomic mass is 16.3. The summed E-state index contributed by atoms with van der Waals surface area (Å²) in [4.78, 5) is 4.30. The third-order valence-corrected chi connectivity index (χ3v) is 3.30. The first-order valence-corrected chi connectivity index (χ1v) is 6.71. The van der Waals surface area contributed by atoms with Crippen LogP contribution < -0.4 is 0 Å². The molecule has 0 aliphatic heterocycles. The first-order chi connectivity index (χ1) is 8.16. The summed E-state index contributed by atoms with van der Waals surface area (Å²) in [5.74, 6) is 2.23. The van der Waals surface area contributed by atoms with Gasteiger partial charge in [-0.2, -0.15) is 5.10 Å². The molecule has 1 atom stereocenters. The zero-order valence-corrected chi connectivity index (χ0v) is 10.8. The van der Waals surface area contributed by atoms with Gasteiger partial charge in [0.05, 0.1) is 6.10 Å². The predicted molar refractivity (Wildman–Crippen MR) is 66.5 cm³/mol. The molecule has 0 bridgehead atoms. The minimum atomic E-state index is -0.0866. The van der Waals surface area contributed by atoms with Gasteiger partial charge in [-0.25, -0.2) is 9.67 Å². The smallest absolute Gasteiger partial charge is 0.138 e. The van der Waals surface area contributed by atoms with Crippen molar-refractivity contribution >= 4 is 0 Å². The molecule has 1 heterocycles. The van der Waals surface area contributed by atoms with E-state index in [-0.39, 0.29) is 6.10 Å². The summed E-state index contributed by atoms with van der Waals surface area (Å²) >= 11 is 0. The van der Waals surface area contributed by atoms with Crippen LogP contribution in [0.3, 0.4) is 0 Å². The van der Waals surface area contributed by atoms with Crippen LogP contribution in [-0.2, 0) is 13.0 Å². The standard InChI is InChI=1S/C13H23N3O/c1-10(2)8-16-13(14-9-15-16)5-3-4-12(17)11-6-7-11/h9-12,17H,3-8H2,1-2H3. The molecule has 0 radical (unpaired) electrons. The molecule has 17 heavy (non-hydrogen) atoms. The van der Waals surface area contributed by atoms with Gasteiger partial charge in [0.1, 0.15) is 12.2 Å². The number of rotatable bonds is 7. The fourth-order valence-electron chi connectivity index (χ4n) is 2.17. The molecule has 0 spiro atoms. The first kappa shape index (κ1) is 12.6. The van der Waals surface area contributed by atoms with Crippen molar-refractivity contribution in [2.75, 3.05) is 0 Å². The van der Waals surface area contributed by atoms with Gasteiger partial charge < -0.3 is 5.11 Å². The largest absolute Gasteiger partial charge is 0.393 e. The summed E-state index contributed by atoms with van der Waals surface area (Å²) < 4.78 is 1.99. The summed E-state index contributed by atoms with van der Waals surface area (Å²) in [6.45, 7) is 5.30. The van der Waals surface area contributed by atoms with Crippen LogP contribution in [0.2, 0.25) is 0 Å². The molecule has 0 saturated heterocycles. The number of nitrogens with zero attached hydrogens (tertiary/aromatic N) is 3. The van der Waals surface area contributed by atoms with E-state index in [1.807, 2.05) is 4.68 Å². The second kappa shape index (κ2) is 5.63. The number of aryl methyl sites for hydroxylation is 1. The zero-order chi connectivity index (χ0) is 12.3. The van der Waals surface area contributed by atoms with E-state index in [4.69, 9.17) is 0 Å². The molecule has 0 amide bonds. The van der Waals surface area contributed by atoms with E-state index < -0.39 is 0 Å². The quantitative estimate of drug-likeness (QED) is 0.789. The lowest BCUT2D eigenvalue weighted by molar-refractivity contribution is 0.138. The molecule has 96 valence electrons. The van der Waals surface area contributed by atoms with Gasteiger partial charge in [0.2, 0.25) is 0 Å². The second-order valence-corrected chi connectivity index (χ2v) is 5.55. The van der Waals surface area contributed by atoms with Gasteiger partial charge >= 0.3 is 0 Å². The Morgan fingerprint density at radius 1 is 1.47 bits per heavy atom. The van der Waals surface area contributed by atoms with Crippen LogP contribution in [0.1, 0.15) is 45.4 Å². The van der Waals surface area contributed by atoms with Crippen LogP contribution in [0.25, 0.3) is 0 Å². The molecule has 1 N–H and O–H groups in total. The summed E-state index contributed by atoms with van der Waals surface area (Å²) in [6, 6.07) is 0. The monoisotopic (exact) mass is 237 g/mol. The van der Waals surface area contributed by atoms with Crippen LogP contribution in [0, 0.1) is 11.8 Å². The predicted octanol–water partition coefficient (Wildman–Crippen LogP) is 2.03. The van der Waals surface area contributed by atoms with E-state index in [9.17, 15) is 5.11 Å². The average molecular weight is 237 g/mol. The molecular weight excluding hydrogens is 214 g/mol. The maximum absolute atomic E-state index is 9.79. The van der Waals surface area contributed by atoms with E-state index in [0.29, 0.717) is 11.8 Å². The van der Waals surface area contributed by atoms with Crippen molar-refractivity contribution in [1.82, 2.24) is 14.8 Å². The van der Waals surface area contributed by atoms with Gasteiger partial charge in [0, 0.05) is 13.0 Å². The second-order valence-electron chi connectivity index (χ2n) is 5.55. The Morgan fingerprint density at radius 3 is 2.88 bits per heavy atom. The number of aliphatic hydroxyl groups is 1. The Hall–Kier alpha value is -0.900. The summed E-state index contributed by atoms with van der Waals surface area (Å²) in [7, 11) is 0. The van der Waals surface area contributed by atoms with Gasteiger partial charge in [-0.15, -0.1) is 0 Å². The molecule has 1 aromatic heterocycles. The van der Waals surface area contributed by atoms with Crippen molar-refractivity contribution in [3.05, 3.63) is 12.2 Å². The molecule has 1 fully saturated rings. The minimum Gasteiger partial charge on any atom is -0.393 e. The molecule has 1 aromatic rings. The van der Waals surface area contributed by atoms with Crippen molar-refractivity contribution < 1.29 is 5.11 Å². The van der Waals surface area contributed by atoms with E-state index in [2.05, 4.69) is 23.9 Å². The highest BCUT2D eigenvalue weighted by molar-refractivity contribution is 4.87. The minimum absolute atomic E-state index is 0.0866. The maximum Gasteiger partial charge on any atom is 0.138 e. The van der Waals surface area contributed by atoms with Crippen molar-refractivity contribution in [2.45, 2.75) is 58.6 Å². The Bertz CT molecular complexity index is 344. The Kier molecular flexibility index (Phi) is 4.15. The van der Waals surface area contributed by atoms with Gasteiger partial charge in [-0.3, -0.25) is 0 Å². The van der Waals surface area contributed by atoms with Crippen LogP contribution >= 0.6 is 0 Å². The number of hydrogen-bond acceptors (Lipinski definition) is 3. The fraction of sp³-hybridized carbons (Fsp3) is 0.846. The highest BCUT2D eigenvalue weighted by Gasteiger charge is 2.29. The summed E-state index contributed by atoms with van der Waals surface area (Å²) in [5.41, 5.74) is 0. The molecule has 4 heteroatoms. The van der Waals surface area contributed by atoms with Crippen molar-refractivity contribution in [3.8, 4) is 0 Å². The Morgan fingerprint density at radius 2 is 2.24 bits per heavy atom. The van der Waals surface area contributed by atoms with Crippen LogP contribution in [-0.4, -0.2) is 26.0 Å². The van der Waals surface area contributed by atoms with Crippen LogP contribution in [0.15, 0.2) is 6.33 Å². The molecule has 1 aliphatic rings. The van der Waals surface area contributed by atoms with Gasteiger partial charge in [-0.1, -0.05) is 13.8 Å². The summed E-state index contributed by atoms with van der Waals surface area (Å²) in [6.07, 6.45) is 6.81. The van der Waals surface area contributed by atoms with Gasteiger partial charge in [0.25, 0.3) is 0 Å². The van der Waals surface area contributed by atoms with E-state index in [1.54, 1.807) is 6.33 Å². The van der Waals surface area contributed by atoms with E-state index in [1.165, 1.54) is 12.8 Å². The van der Waals surface area contributed by atoms with Crippen molar-refractivity contribution in [2.24, 2.45) is 11.8 Å². The lowest BCUT2D eigenvalue weighted by Crippen LogP contribution is -2.12. The lowest BCUT2D eigenvalue weighted by Gasteiger charge is -2.10. The lowest BCUT2D eigenvalue weighted by atomic mass is 10.1. The Balaban J connectivity index is 1.75. The zero-order valence-electron chi connectivity index (χ0n) is 10.8. The first-order valence-electron chi connectivity index (χ1n) is 6.71. The SMILES string of the molecule is CC(C)Cn1ncnc1CCCC(O)C1CC1. The molecule has 2 rings (SSSR count). The topological polar surface area (TPSA) is 50.9 Å². The van der Waals surface area contributed by atoms with Gasteiger partial charge in [-0.05, 0) is 37.5 Å². The highest BCUT2D eigenvalue weighted by Crippen LogP contribution is 2.34. The molecule has 4 nitrogen and oxygen atoms in total. The number of aliphatic hydroxyl groups excluding tert-OH is 1. The fourth-order valence-corrected chi connectivity index (χ4v) is 2.17. The number of aromatic nitrogens is 3. The maximum atomic E-state index is 9.79. The normalized spacial score (nSPS) is 17.6. The molecule has 1 saturated carbocycles. The number of hydrogen-bond donors (Lipinski definition) is 1.